The molecular formula is C15H12IN3. The number of nitrogens with two attached hydrogens (primary N) is 1. The lowest BCUT2D eigenvalue weighted by Crippen LogP contribution is -1.95. The van der Waals surface area contributed by atoms with Gasteiger partial charge in [0.2, 0.25) is 0 Å². The summed E-state index contributed by atoms with van der Waals surface area (Å²) in [6, 6.07) is 16.0. The minimum Gasteiger partial charge on any atom is -0.397 e. The van der Waals surface area contributed by atoms with Gasteiger partial charge in [0.1, 0.15) is 0 Å². The first-order valence-electron chi connectivity index (χ1n) is 5.90. The van der Waals surface area contributed by atoms with Crippen molar-refractivity contribution in [1.29, 1.82) is 0 Å². The van der Waals surface area contributed by atoms with Crippen LogP contribution in [0.15, 0.2) is 54.7 Å². The van der Waals surface area contributed by atoms with Crippen molar-refractivity contribution >= 4 is 50.6 Å². The summed E-state index contributed by atoms with van der Waals surface area (Å²) in [4.78, 5) is 4.33. The second-order valence-electron chi connectivity index (χ2n) is 4.23. The van der Waals surface area contributed by atoms with Gasteiger partial charge in [-0.3, -0.25) is 4.98 Å². The number of aromatic nitrogens is 1. The maximum atomic E-state index is 5.95. The molecule has 1 heterocycles. The molecule has 19 heavy (non-hydrogen) atoms. The topological polar surface area (TPSA) is 50.9 Å². The average Bonchev–Trinajstić information content (AvgIpc) is 2.43. The lowest BCUT2D eigenvalue weighted by molar-refractivity contribution is 1.40. The van der Waals surface area contributed by atoms with Gasteiger partial charge in [-0.15, -0.1) is 0 Å². The van der Waals surface area contributed by atoms with Crippen molar-refractivity contribution in [1.82, 2.24) is 4.98 Å². The molecule has 0 bridgehead atoms. The van der Waals surface area contributed by atoms with Crippen molar-refractivity contribution < 1.29 is 0 Å². The summed E-state index contributed by atoms with van der Waals surface area (Å²) >= 11 is 2.29. The molecule has 0 unspecified atom stereocenters. The molecule has 3 rings (SSSR count). The number of rotatable bonds is 2. The lowest BCUT2D eigenvalue weighted by Gasteiger charge is -2.10. The van der Waals surface area contributed by atoms with Crippen molar-refractivity contribution in [2.24, 2.45) is 0 Å². The molecule has 3 nitrogen and oxygen atoms in total. The van der Waals surface area contributed by atoms with Crippen LogP contribution < -0.4 is 11.1 Å². The Labute approximate surface area is 125 Å². The molecule has 0 aliphatic rings. The number of pyridine rings is 1. The first-order valence-corrected chi connectivity index (χ1v) is 6.98. The van der Waals surface area contributed by atoms with Crippen LogP contribution in [0.2, 0.25) is 0 Å². The first kappa shape index (κ1) is 12.2. The molecule has 0 spiro atoms. The third kappa shape index (κ3) is 2.49. The summed E-state index contributed by atoms with van der Waals surface area (Å²) in [6.45, 7) is 0. The molecule has 0 amide bonds. The van der Waals surface area contributed by atoms with Gasteiger partial charge < -0.3 is 11.1 Å². The summed E-state index contributed by atoms with van der Waals surface area (Å²) in [5, 5.41) is 4.43. The molecule has 1 aromatic heterocycles. The number of anilines is 3. The van der Waals surface area contributed by atoms with Gasteiger partial charge in [0, 0.05) is 26.5 Å². The highest BCUT2D eigenvalue weighted by molar-refractivity contribution is 14.1. The Balaban J connectivity index is 2.06. The second-order valence-corrected chi connectivity index (χ2v) is 5.48. The van der Waals surface area contributed by atoms with E-state index in [-0.39, 0.29) is 0 Å². The molecule has 0 saturated heterocycles. The molecule has 3 aromatic rings. The predicted octanol–water partition coefficient (Wildman–Crippen LogP) is 4.17. The molecule has 0 radical (unpaired) electrons. The quantitative estimate of drug-likeness (QED) is 0.532. The number of fused-ring (bicyclic) bond motifs is 1. The number of halogens is 1. The van der Waals surface area contributed by atoms with Crippen LogP contribution in [0.25, 0.3) is 10.9 Å². The first-order chi connectivity index (χ1) is 9.24. The second kappa shape index (κ2) is 5.05. The molecule has 0 saturated carbocycles. The normalized spacial score (nSPS) is 10.6. The zero-order chi connectivity index (χ0) is 13.2. The van der Waals surface area contributed by atoms with Gasteiger partial charge in [-0.25, -0.2) is 0 Å². The van der Waals surface area contributed by atoms with E-state index >= 15 is 0 Å². The van der Waals surface area contributed by atoms with Crippen LogP contribution in [0.5, 0.6) is 0 Å². The fraction of sp³-hybridized carbons (Fsp3) is 0. The third-order valence-corrected chi connectivity index (χ3v) is 3.64. The Hall–Kier alpha value is -1.82. The van der Waals surface area contributed by atoms with Crippen LogP contribution in [0.3, 0.4) is 0 Å². The molecule has 94 valence electrons. The number of nitrogens with one attached hydrogen (secondary N) is 1. The highest BCUT2D eigenvalue weighted by Gasteiger charge is 2.04. The Bertz CT molecular complexity index is 723. The van der Waals surface area contributed by atoms with Crippen LogP contribution in [-0.4, -0.2) is 4.98 Å². The number of hydrogen-bond acceptors (Lipinski definition) is 3. The molecular weight excluding hydrogens is 349 g/mol. The van der Waals surface area contributed by atoms with Gasteiger partial charge in [0.15, 0.2) is 0 Å². The van der Waals surface area contributed by atoms with Crippen LogP contribution in [0.1, 0.15) is 0 Å². The molecule has 0 fully saturated rings. The highest BCUT2D eigenvalue weighted by atomic mass is 127. The molecule has 0 aliphatic heterocycles. The van der Waals surface area contributed by atoms with Gasteiger partial charge in [0.25, 0.3) is 0 Å². The summed E-state index contributed by atoms with van der Waals surface area (Å²) in [5.74, 6) is 0. The molecule has 2 aromatic carbocycles. The third-order valence-electron chi connectivity index (χ3n) is 2.93. The van der Waals surface area contributed by atoms with E-state index in [2.05, 4.69) is 57.2 Å². The Morgan fingerprint density at radius 2 is 1.79 bits per heavy atom. The minimum absolute atomic E-state index is 0.698. The molecule has 3 N–H and O–H groups in total. The molecule has 0 aliphatic carbocycles. The number of nitrogen functional groups attached to an aromatic ring is 1. The Morgan fingerprint density at radius 1 is 1.00 bits per heavy atom. The molecule has 4 heteroatoms. The summed E-state index contributed by atoms with van der Waals surface area (Å²) < 4.78 is 1.21. The fourth-order valence-electron chi connectivity index (χ4n) is 2.00. The van der Waals surface area contributed by atoms with Crippen LogP contribution >= 0.6 is 22.6 Å². The van der Waals surface area contributed by atoms with E-state index in [0.29, 0.717) is 5.69 Å². The summed E-state index contributed by atoms with van der Waals surface area (Å²) in [6.07, 6.45) is 1.77. The number of para-hydroxylation sites is 1. The smallest absolute Gasteiger partial charge is 0.0951 e. The van der Waals surface area contributed by atoms with Crippen LogP contribution in [-0.2, 0) is 0 Å². The predicted molar refractivity (Wildman–Crippen MR) is 88.6 cm³/mol. The fourth-order valence-corrected chi connectivity index (χ4v) is 2.36. The van der Waals surface area contributed by atoms with E-state index in [1.165, 1.54) is 3.57 Å². The number of benzene rings is 2. The van der Waals surface area contributed by atoms with Gasteiger partial charge >= 0.3 is 0 Å². The van der Waals surface area contributed by atoms with E-state index in [4.69, 9.17) is 5.73 Å². The van der Waals surface area contributed by atoms with E-state index < -0.39 is 0 Å². The summed E-state index contributed by atoms with van der Waals surface area (Å²) in [5.41, 5.74) is 9.54. The van der Waals surface area contributed by atoms with Crippen LogP contribution in [0, 0.1) is 3.57 Å². The van der Waals surface area contributed by atoms with Gasteiger partial charge in [-0.1, -0.05) is 12.1 Å². The van der Waals surface area contributed by atoms with Gasteiger partial charge in [-0.05, 0) is 59.0 Å². The maximum Gasteiger partial charge on any atom is 0.0951 e. The van der Waals surface area contributed by atoms with Crippen molar-refractivity contribution in [3.63, 3.8) is 0 Å². The van der Waals surface area contributed by atoms with Crippen molar-refractivity contribution in [3.05, 3.63) is 58.3 Å². The average molecular weight is 361 g/mol. The lowest BCUT2D eigenvalue weighted by atomic mass is 10.1. The van der Waals surface area contributed by atoms with E-state index in [1.54, 1.807) is 6.20 Å². The van der Waals surface area contributed by atoms with Crippen molar-refractivity contribution in [3.8, 4) is 0 Å². The summed E-state index contributed by atoms with van der Waals surface area (Å²) in [7, 11) is 0. The number of nitrogens with zero attached hydrogens (tertiary/aromatic N) is 1. The largest absolute Gasteiger partial charge is 0.397 e. The van der Waals surface area contributed by atoms with E-state index in [9.17, 15) is 0 Å². The van der Waals surface area contributed by atoms with Crippen LogP contribution in [0.4, 0.5) is 17.1 Å². The number of hydrogen-bond donors (Lipinski definition) is 2. The zero-order valence-corrected chi connectivity index (χ0v) is 12.3. The van der Waals surface area contributed by atoms with E-state index in [1.807, 2.05) is 24.3 Å². The Morgan fingerprint density at radius 3 is 2.58 bits per heavy atom. The SMILES string of the molecule is Nc1cccc2c(Nc3ccc(I)cc3)ccnc12. The monoisotopic (exact) mass is 361 g/mol. The Kier molecular flexibility index (Phi) is 3.25. The van der Waals surface area contributed by atoms with Crippen molar-refractivity contribution in [2.45, 2.75) is 0 Å². The molecule has 0 atom stereocenters. The maximum absolute atomic E-state index is 5.95. The standard InChI is InChI=1S/C15H12IN3/c16-10-4-6-11(7-5-10)19-14-8-9-18-15-12(14)2-1-3-13(15)17/h1-9H,17H2,(H,18,19). The highest BCUT2D eigenvalue weighted by Crippen LogP contribution is 2.28. The zero-order valence-electron chi connectivity index (χ0n) is 10.1. The van der Waals surface area contributed by atoms with Crippen molar-refractivity contribution in [2.75, 3.05) is 11.1 Å². The minimum atomic E-state index is 0.698. The van der Waals surface area contributed by atoms with E-state index in [0.717, 1.165) is 22.3 Å². The van der Waals surface area contributed by atoms with Gasteiger partial charge in [0.05, 0.1) is 11.2 Å². The van der Waals surface area contributed by atoms with Gasteiger partial charge in [-0.2, -0.15) is 0 Å².